The monoisotopic (exact) mass is 433 g/mol. The van der Waals surface area contributed by atoms with E-state index >= 15 is 0 Å². The van der Waals surface area contributed by atoms with Crippen LogP contribution in [0.4, 0.5) is 5.69 Å². The summed E-state index contributed by atoms with van der Waals surface area (Å²) < 4.78 is 7.50. The molecule has 32 heavy (non-hydrogen) atoms. The Morgan fingerprint density at radius 1 is 1.12 bits per heavy atom. The summed E-state index contributed by atoms with van der Waals surface area (Å²) in [4.78, 5) is 29.4. The van der Waals surface area contributed by atoms with Crippen LogP contribution in [0.2, 0.25) is 0 Å². The summed E-state index contributed by atoms with van der Waals surface area (Å²) in [7, 11) is 0. The van der Waals surface area contributed by atoms with Crippen molar-refractivity contribution in [2.45, 2.75) is 71.5 Å². The molecule has 0 spiro atoms. The maximum Gasteiger partial charge on any atom is 0.276 e. The van der Waals surface area contributed by atoms with Crippen LogP contribution in [0.5, 0.6) is 0 Å². The Hall–Kier alpha value is -3.02. The van der Waals surface area contributed by atoms with Gasteiger partial charge in [0, 0.05) is 23.9 Å². The van der Waals surface area contributed by atoms with Gasteiger partial charge in [-0.3, -0.25) is 14.5 Å². The third kappa shape index (κ3) is 3.15. The summed E-state index contributed by atoms with van der Waals surface area (Å²) in [5.74, 6) is 0.160. The number of benzene rings is 1. The summed E-state index contributed by atoms with van der Waals surface area (Å²) in [6.07, 6.45) is 6.08. The lowest BCUT2D eigenvalue weighted by molar-refractivity contribution is -0.127. The second-order valence-corrected chi connectivity index (χ2v) is 9.81. The third-order valence-corrected chi connectivity index (χ3v) is 7.57. The van der Waals surface area contributed by atoms with Gasteiger partial charge in [0.25, 0.3) is 5.91 Å². The molecule has 2 amide bonds. The molecule has 3 atom stereocenters. The van der Waals surface area contributed by atoms with Crippen LogP contribution < -0.4 is 10.2 Å². The predicted octanol–water partition coefficient (Wildman–Crippen LogP) is 4.97. The van der Waals surface area contributed by atoms with E-state index in [1.165, 1.54) is 6.42 Å². The lowest BCUT2D eigenvalue weighted by Crippen LogP contribution is -2.65. The van der Waals surface area contributed by atoms with Gasteiger partial charge < -0.3 is 14.3 Å². The van der Waals surface area contributed by atoms with E-state index in [1.807, 2.05) is 49.6 Å². The summed E-state index contributed by atoms with van der Waals surface area (Å²) in [5, 5.41) is 3.32. The van der Waals surface area contributed by atoms with E-state index in [2.05, 4.69) is 12.2 Å². The van der Waals surface area contributed by atoms with Crippen molar-refractivity contribution in [3.05, 3.63) is 53.4 Å². The Morgan fingerprint density at radius 3 is 2.66 bits per heavy atom. The molecule has 0 bridgehead atoms. The van der Waals surface area contributed by atoms with Gasteiger partial charge in [-0.2, -0.15) is 0 Å². The van der Waals surface area contributed by atoms with E-state index in [0.717, 1.165) is 41.6 Å². The highest BCUT2D eigenvalue weighted by molar-refractivity contribution is 6.13. The second-order valence-electron chi connectivity index (χ2n) is 9.81. The number of furan rings is 1. The molecule has 5 rings (SSSR count). The van der Waals surface area contributed by atoms with Gasteiger partial charge in [0.2, 0.25) is 5.91 Å². The Kier molecular flexibility index (Phi) is 4.91. The fraction of sp³-hybridized carbons (Fsp3) is 0.462. The van der Waals surface area contributed by atoms with Crippen LogP contribution in [-0.4, -0.2) is 28.0 Å². The number of fused-ring (bicyclic) bond motifs is 3. The summed E-state index contributed by atoms with van der Waals surface area (Å²) >= 11 is 0. The average molecular weight is 434 g/mol. The van der Waals surface area contributed by atoms with Gasteiger partial charge in [-0.15, -0.1) is 0 Å². The number of aryl methyl sites for hydroxylation is 2. The number of carbonyl (C=O) groups excluding carboxylic acids is 2. The van der Waals surface area contributed by atoms with Gasteiger partial charge >= 0.3 is 0 Å². The zero-order valence-corrected chi connectivity index (χ0v) is 19.3. The van der Waals surface area contributed by atoms with Crippen molar-refractivity contribution in [2.24, 2.45) is 5.92 Å². The Balaban J connectivity index is 1.60. The van der Waals surface area contributed by atoms with Crippen LogP contribution in [0.3, 0.4) is 0 Å². The van der Waals surface area contributed by atoms with Crippen LogP contribution in [-0.2, 0) is 11.3 Å². The number of anilines is 1. The number of nitrogens with one attached hydrogen (secondary N) is 1. The molecular weight excluding hydrogens is 402 g/mol. The number of carbonyl (C=O) groups is 2. The number of hydrogen-bond donors (Lipinski definition) is 1. The van der Waals surface area contributed by atoms with Gasteiger partial charge in [-0.25, -0.2) is 0 Å². The van der Waals surface area contributed by atoms with E-state index in [4.69, 9.17) is 4.42 Å². The van der Waals surface area contributed by atoms with Crippen molar-refractivity contribution in [2.75, 3.05) is 4.90 Å². The topological polar surface area (TPSA) is 67.5 Å². The minimum atomic E-state index is -1.06. The molecule has 6 heteroatoms. The molecule has 1 fully saturated rings. The molecule has 1 aromatic carbocycles. The van der Waals surface area contributed by atoms with Crippen LogP contribution >= 0.6 is 0 Å². The maximum atomic E-state index is 13.9. The lowest BCUT2D eigenvalue weighted by Gasteiger charge is -2.45. The molecule has 2 aromatic heterocycles. The molecule has 1 aliphatic heterocycles. The summed E-state index contributed by atoms with van der Waals surface area (Å²) in [6, 6.07) is 9.75. The minimum Gasteiger partial charge on any atom is -0.463 e. The quantitative estimate of drug-likeness (QED) is 0.634. The summed E-state index contributed by atoms with van der Waals surface area (Å²) in [5.41, 5.74) is 3.99. The van der Waals surface area contributed by atoms with Gasteiger partial charge in [0.1, 0.15) is 11.2 Å². The Bertz CT molecular complexity index is 1210. The molecule has 1 N–H and O–H groups in total. The molecular formula is C26H31N3O3. The molecule has 1 aliphatic carbocycles. The molecule has 3 unspecified atom stereocenters. The number of aromatic nitrogens is 1. The maximum absolute atomic E-state index is 13.9. The van der Waals surface area contributed by atoms with E-state index in [9.17, 15) is 9.59 Å². The van der Waals surface area contributed by atoms with Gasteiger partial charge in [0.05, 0.1) is 18.3 Å². The van der Waals surface area contributed by atoms with Crippen LogP contribution in [0.15, 0.2) is 41.0 Å². The van der Waals surface area contributed by atoms with Crippen molar-refractivity contribution < 1.29 is 14.0 Å². The third-order valence-electron chi connectivity index (χ3n) is 7.57. The van der Waals surface area contributed by atoms with E-state index in [0.29, 0.717) is 23.7 Å². The van der Waals surface area contributed by atoms with Crippen molar-refractivity contribution in [1.29, 1.82) is 0 Å². The van der Waals surface area contributed by atoms with Crippen molar-refractivity contribution in [3.8, 4) is 0 Å². The second kappa shape index (κ2) is 7.54. The van der Waals surface area contributed by atoms with Crippen LogP contribution in [0, 0.1) is 19.8 Å². The van der Waals surface area contributed by atoms with Crippen LogP contribution in [0.1, 0.15) is 61.1 Å². The zero-order valence-electron chi connectivity index (χ0n) is 19.3. The molecule has 3 heterocycles. The van der Waals surface area contributed by atoms with E-state index < -0.39 is 5.54 Å². The first-order valence-electron chi connectivity index (χ1n) is 11.6. The standard InChI is InChI=1S/C26H31N3O3/c1-16-9-10-19(13-18(16)3)29-24(30)22-14-23-21(11-12-32-23)28(22)15-26(29,4)25(31)27-20-8-6-5-7-17(20)2/h9-14,17,20H,5-8,15H2,1-4H3,(H,27,31). The Labute approximate surface area is 188 Å². The lowest BCUT2D eigenvalue weighted by atomic mass is 9.84. The first-order valence-corrected chi connectivity index (χ1v) is 11.6. The number of nitrogens with zero attached hydrogens (tertiary/aromatic N) is 2. The molecule has 0 saturated heterocycles. The van der Waals surface area contributed by atoms with Crippen molar-refractivity contribution in [3.63, 3.8) is 0 Å². The van der Waals surface area contributed by atoms with Gasteiger partial charge in [0.15, 0.2) is 5.58 Å². The molecule has 1 saturated carbocycles. The highest BCUT2D eigenvalue weighted by Crippen LogP contribution is 2.37. The van der Waals surface area contributed by atoms with Crippen molar-refractivity contribution >= 4 is 28.6 Å². The number of hydrogen-bond acceptors (Lipinski definition) is 3. The highest BCUT2D eigenvalue weighted by atomic mass is 16.3. The highest BCUT2D eigenvalue weighted by Gasteiger charge is 2.49. The normalized spacial score (nSPS) is 25.8. The van der Waals surface area contributed by atoms with Crippen LogP contribution in [0.25, 0.3) is 11.1 Å². The van der Waals surface area contributed by atoms with Gasteiger partial charge in [-0.1, -0.05) is 25.8 Å². The Morgan fingerprint density at radius 2 is 1.91 bits per heavy atom. The SMILES string of the molecule is Cc1ccc(N2C(=O)c3cc4occc4n3CC2(C)C(=O)NC2CCCCC2C)cc1C. The first-order chi connectivity index (χ1) is 15.3. The number of amides is 2. The van der Waals surface area contributed by atoms with E-state index in [-0.39, 0.29) is 17.9 Å². The van der Waals surface area contributed by atoms with Gasteiger partial charge in [-0.05, 0) is 62.8 Å². The zero-order chi connectivity index (χ0) is 22.6. The summed E-state index contributed by atoms with van der Waals surface area (Å²) in [6.45, 7) is 8.55. The molecule has 3 aromatic rings. The number of rotatable bonds is 3. The minimum absolute atomic E-state index is 0.0983. The fourth-order valence-corrected chi connectivity index (χ4v) is 5.34. The molecule has 0 radical (unpaired) electrons. The van der Waals surface area contributed by atoms with E-state index in [1.54, 1.807) is 17.2 Å². The molecule has 2 aliphatic rings. The fourth-order valence-electron chi connectivity index (χ4n) is 5.34. The van der Waals surface area contributed by atoms with Crippen molar-refractivity contribution in [1.82, 2.24) is 9.88 Å². The first kappa shape index (κ1) is 20.9. The predicted molar refractivity (Wildman–Crippen MR) is 125 cm³/mol. The molecule has 168 valence electrons. The largest absolute Gasteiger partial charge is 0.463 e. The smallest absolute Gasteiger partial charge is 0.276 e. The molecule has 6 nitrogen and oxygen atoms in total. The average Bonchev–Trinajstić information content (AvgIpc) is 3.35.